The van der Waals surface area contributed by atoms with E-state index in [4.69, 9.17) is 4.74 Å². The van der Waals surface area contributed by atoms with Crippen LogP contribution in [0.25, 0.3) is 0 Å². The molecule has 2 heteroatoms. The second-order valence-electron chi connectivity index (χ2n) is 3.52. The van der Waals surface area contributed by atoms with Gasteiger partial charge in [-0.2, -0.15) is 12.6 Å². The van der Waals surface area contributed by atoms with E-state index in [-0.39, 0.29) is 0 Å². The van der Waals surface area contributed by atoms with Crippen LogP contribution >= 0.6 is 12.6 Å². The highest BCUT2D eigenvalue weighted by molar-refractivity contribution is 7.80. The molecule has 0 aliphatic carbocycles. The lowest BCUT2D eigenvalue weighted by Gasteiger charge is -2.07. The first-order valence-electron chi connectivity index (χ1n) is 5.57. The highest BCUT2D eigenvalue weighted by Gasteiger charge is 1.98. The first-order chi connectivity index (χ1) is 6.31. The highest BCUT2D eigenvalue weighted by Crippen LogP contribution is 2.06. The number of unbranched alkanes of at least 4 members (excludes halogenated alkanes) is 3. The zero-order valence-corrected chi connectivity index (χ0v) is 9.98. The van der Waals surface area contributed by atoms with Gasteiger partial charge in [0.15, 0.2) is 0 Å². The van der Waals surface area contributed by atoms with E-state index in [0.29, 0.717) is 5.25 Å². The van der Waals surface area contributed by atoms with Crippen molar-refractivity contribution >= 4 is 12.6 Å². The molecule has 0 bridgehead atoms. The van der Waals surface area contributed by atoms with Gasteiger partial charge in [0.05, 0.1) is 0 Å². The molecule has 0 aliphatic heterocycles. The van der Waals surface area contributed by atoms with Crippen LogP contribution in [-0.2, 0) is 4.74 Å². The molecule has 0 N–H and O–H groups in total. The van der Waals surface area contributed by atoms with Gasteiger partial charge in [-0.3, -0.25) is 0 Å². The third-order valence-corrected chi connectivity index (χ3v) is 2.83. The van der Waals surface area contributed by atoms with Crippen LogP contribution in [0.4, 0.5) is 0 Å². The van der Waals surface area contributed by atoms with Gasteiger partial charge in [0.1, 0.15) is 0 Å². The van der Waals surface area contributed by atoms with Crippen LogP contribution in [0.15, 0.2) is 0 Å². The normalized spacial score (nSPS) is 13.2. The molecule has 1 atom stereocenters. The summed E-state index contributed by atoms with van der Waals surface area (Å²) in [4.78, 5) is 0. The number of thiol groups is 1. The van der Waals surface area contributed by atoms with Crippen LogP contribution < -0.4 is 0 Å². The summed E-state index contributed by atoms with van der Waals surface area (Å²) in [6.07, 6.45) is 7.41. The summed E-state index contributed by atoms with van der Waals surface area (Å²) in [6.45, 7) is 6.21. The van der Waals surface area contributed by atoms with Gasteiger partial charge in [-0.15, -0.1) is 0 Å². The lowest BCUT2D eigenvalue weighted by Crippen LogP contribution is -2.04. The van der Waals surface area contributed by atoms with Gasteiger partial charge in [0.25, 0.3) is 0 Å². The van der Waals surface area contributed by atoms with Crippen molar-refractivity contribution in [1.82, 2.24) is 0 Å². The number of hydrogen-bond acceptors (Lipinski definition) is 2. The molecule has 0 amide bonds. The summed E-state index contributed by atoms with van der Waals surface area (Å²) >= 11 is 4.41. The minimum Gasteiger partial charge on any atom is -0.381 e. The molecule has 0 aromatic rings. The molecule has 0 saturated carbocycles. The van der Waals surface area contributed by atoms with E-state index in [0.717, 1.165) is 26.1 Å². The summed E-state index contributed by atoms with van der Waals surface area (Å²) in [5.41, 5.74) is 0. The van der Waals surface area contributed by atoms with Crippen molar-refractivity contribution in [3.8, 4) is 0 Å². The van der Waals surface area contributed by atoms with Gasteiger partial charge in [-0.25, -0.2) is 0 Å². The molecule has 0 aromatic heterocycles. The Labute approximate surface area is 88.7 Å². The standard InChI is InChI=1S/C11H24OS/c1-3-5-6-7-9-12-10-8-11(13)4-2/h11,13H,3-10H2,1-2H3. The van der Waals surface area contributed by atoms with E-state index in [2.05, 4.69) is 26.5 Å². The molecule has 13 heavy (non-hydrogen) atoms. The van der Waals surface area contributed by atoms with Gasteiger partial charge in [0.2, 0.25) is 0 Å². The molecule has 0 spiro atoms. The molecular weight excluding hydrogens is 180 g/mol. The maximum atomic E-state index is 5.50. The van der Waals surface area contributed by atoms with Crippen LogP contribution in [-0.4, -0.2) is 18.5 Å². The summed E-state index contributed by atoms with van der Waals surface area (Å²) in [5, 5.41) is 0.524. The van der Waals surface area contributed by atoms with Gasteiger partial charge in [-0.05, 0) is 19.3 Å². The summed E-state index contributed by atoms with van der Waals surface area (Å²) in [6, 6.07) is 0. The van der Waals surface area contributed by atoms with Crippen molar-refractivity contribution in [3.63, 3.8) is 0 Å². The van der Waals surface area contributed by atoms with Gasteiger partial charge in [0, 0.05) is 18.5 Å². The highest BCUT2D eigenvalue weighted by atomic mass is 32.1. The van der Waals surface area contributed by atoms with Gasteiger partial charge < -0.3 is 4.74 Å². The number of ether oxygens (including phenoxy) is 1. The molecule has 0 heterocycles. The lowest BCUT2D eigenvalue weighted by atomic mass is 10.2. The summed E-state index contributed by atoms with van der Waals surface area (Å²) in [5.74, 6) is 0. The second kappa shape index (κ2) is 10.4. The van der Waals surface area contributed by atoms with Crippen LogP contribution in [0.1, 0.15) is 52.4 Å². The van der Waals surface area contributed by atoms with E-state index >= 15 is 0 Å². The average molecular weight is 204 g/mol. The molecule has 1 nitrogen and oxygen atoms in total. The molecule has 80 valence electrons. The third kappa shape index (κ3) is 10.2. The van der Waals surface area contributed by atoms with E-state index in [1.54, 1.807) is 0 Å². The molecule has 0 aromatic carbocycles. The Morgan fingerprint density at radius 2 is 1.85 bits per heavy atom. The molecule has 0 rings (SSSR count). The SMILES string of the molecule is CCCCCCOCCC(S)CC. The Balaban J connectivity index is 2.91. The quantitative estimate of drug-likeness (QED) is 0.445. The fourth-order valence-corrected chi connectivity index (χ4v) is 1.26. The largest absolute Gasteiger partial charge is 0.381 e. The zero-order valence-electron chi connectivity index (χ0n) is 9.09. The Morgan fingerprint density at radius 1 is 1.08 bits per heavy atom. The first kappa shape index (κ1) is 13.3. The maximum Gasteiger partial charge on any atom is 0.0476 e. The van der Waals surface area contributed by atoms with E-state index < -0.39 is 0 Å². The van der Waals surface area contributed by atoms with Crippen molar-refractivity contribution < 1.29 is 4.74 Å². The summed E-state index contributed by atoms with van der Waals surface area (Å²) in [7, 11) is 0. The Morgan fingerprint density at radius 3 is 2.46 bits per heavy atom. The van der Waals surface area contributed by atoms with Crippen molar-refractivity contribution in [3.05, 3.63) is 0 Å². The van der Waals surface area contributed by atoms with Crippen molar-refractivity contribution in [2.45, 2.75) is 57.6 Å². The minimum absolute atomic E-state index is 0.524. The van der Waals surface area contributed by atoms with Gasteiger partial charge in [-0.1, -0.05) is 33.1 Å². The van der Waals surface area contributed by atoms with Crippen molar-refractivity contribution in [2.24, 2.45) is 0 Å². The number of hydrogen-bond donors (Lipinski definition) is 1. The number of rotatable bonds is 9. The topological polar surface area (TPSA) is 9.23 Å². The minimum atomic E-state index is 0.524. The average Bonchev–Trinajstić information content (AvgIpc) is 2.16. The van der Waals surface area contributed by atoms with E-state index in [1.807, 2.05) is 0 Å². The zero-order chi connectivity index (χ0) is 9.94. The monoisotopic (exact) mass is 204 g/mol. The molecule has 0 aliphatic rings. The Hall–Kier alpha value is 0.310. The predicted octanol–water partition coefficient (Wildman–Crippen LogP) is 3.68. The fourth-order valence-electron chi connectivity index (χ4n) is 1.16. The van der Waals surface area contributed by atoms with E-state index in [1.165, 1.54) is 25.7 Å². The van der Waals surface area contributed by atoms with Gasteiger partial charge >= 0.3 is 0 Å². The molecule has 0 fully saturated rings. The smallest absolute Gasteiger partial charge is 0.0476 e. The van der Waals surface area contributed by atoms with Crippen LogP contribution in [0.2, 0.25) is 0 Å². The molecule has 1 unspecified atom stereocenters. The predicted molar refractivity (Wildman–Crippen MR) is 62.6 cm³/mol. The van der Waals surface area contributed by atoms with Crippen LogP contribution in [0, 0.1) is 0 Å². The first-order valence-corrected chi connectivity index (χ1v) is 6.08. The van der Waals surface area contributed by atoms with E-state index in [9.17, 15) is 0 Å². The summed E-state index contributed by atoms with van der Waals surface area (Å²) < 4.78 is 5.50. The van der Waals surface area contributed by atoms with Crippen molar-refractivity contribution in [1.29, 1.82) is 0 Å². The van der Waals surface area contributed by atoms with Crippen molar-refractivity contribution in [2.75, 3.05) is 13.2 Å². The molecule has 0 saturated heterocycles. The lowest BCUT2D eigenvalue weighted by molar-refractivity contribution is 0.127. The fraction of sp³-hybridized carbons (Fsp3) is 1.00. The third-order valence-electron chi connectivity index (χ3n) is 2.21. The Kier molecular flexibility index (Phi) is 10.6. The Bertz CT molecular complexity index is 96.1. The van der Waals surface area contributed by atoms with Crippen LogP contribution in [0.3, 0.4) is 0 Å². The second-order valence-corrected chi connectivity index (χ2v) is 4.25. The maximum absolute atomic E-state index is 5.50. The molecular formula is C11H24OS. The molecule has 0 radical (unpaired) electrons. The van der Waals surface area contributed by atoms with Crippen LogP contribution in [0.5, 0.6) is 0 Å².